The molecule has 1 N–H and O–H groups in total. The summed E-state index contributed by atoms with van der Waals surface area (Å²) in [6, 6.07) is 0. The summed E-state index contributed by atoms with van der Waals surface area (Å²) in [6.45, 7) is 1.78. The number of nitrogens with one attached hydrogen (secondary N) is 1. The molecule has 0 aliphatic carbocycles. The molecule has 5 nitrogen and oxygen atoms in total. The van der Waals surface area contributed by atoms with Crippen molar-refractivity contribution in [3.8, 4) is 0 Å². The van der Waals surface area contributed by atoms with Crippen LogP contribution in [0.15, 0.2) is 22.1 Å². The first kappa shape index (κ1) is 6.48. The lowest BCUT2D eigenvalue weighted by Crippen LogP contribution is -2.32. The first-order chi connectivity index (χ1) is 5.38. The first-order valence-electron chi connectivity index (χ1n) is 3.54. The summed E-state index contributed by atoms with van der Waals surface area (Å²) in [5, 5.41) is 8.69. The van der Waals surface area contributed by atoms with E-state index in [1.54, 1.807) is 5.01 Å². The van der Waals surface area contributed by atoms with Crippen LogP contribution < -0.4 is 5.43 Å². The number of carbonyl (C=O) groups is 1. The molecule has 58 valence electrons. The molecule has 2 aliphatic rings. The Balaban J connectivity index is 2.11. The van der Waals surface area contributed by atoms with Crippen molar-refractivity contribution in [3.05, 3.63) is 11.9 Å². The van der Waals surface area contributed by atoms with Gasteiger partial charge in [0.1, 0.15) is 5.70 Å². The summed E-state index contributed by atoms with van der Waals surface area (Å²) in [7, 11) is 0. The molecule has 5 heteroatoms. The van der Waals surface area contributed by atoms with E-state index in [1.807, 2.05) is 0 Å². The zero-order valence-electron chi connectivity index (χ0n) is 5.95. The van der Waals surface area contributed by atoms with Crippen molar-refractivity contribution in [2.24, 2.45) is 10.2 Å². The van der Waals surface area contributed by atoms with Crippen LogP contribution in [0.4, 0.5) is 0 Å². The van der Waals surface area contributed by atoms with Gasteiger partial charge in [0.15, 0.2) is 0 Å². The fraction of sp³-hybridized carbons (Fsp3) is 0.500. The minimum absolute atomic E-state index is 0.251. The number of nitrogens with zero attached hydrogens (tertiary/aromatic N) is 3. The lowest BCUT2D eigenvalue weighted by molar-refractivity contribution is -0.116. The van der Waals surface area contributed by atoms with Gasteiger partial charge in [0.25, 0.3) is 0 Å². The van der Waals surface area contributed by atoms with E-state index in [0.29, 0.717) is 5.70 Å². The van der Waals surface area contributed by atoms with Gasteiger partial charge in [-0.1, -0.05) is 0 Å². The quantitative estimate of drug-likeness (QED) is 0.576. The Kier molecular flexibility index (Phi) is 1.43. The molecule has 2 aliphatic heterocycles. The Hall–Kier alpha value is -1.23. The normalized spacial score (nSPS) is 23.1. The topological polar surface area (TPSA) is 57.1 Å². The highest BCUT2D eigenvalue weighted by molar-refractivity contribution is 5.94. The van der Waals surface area contributed by atoms with Crippen molar-refractivity contribution in [1.82, 2.24) is 10.4 Å². The number of rotatable bonds is 1. The fourth-order valence-electron chi connectivity index (χ4n) is 1.16. The monoisotopic (exact) mass is 152 g/mol. The van der Waals surface area contributed by atoms with Crippen LogP contribution in [0, 0.1) is 0 Å². The molecule has 2 heterocycles. The van der Waals surface area contributed by atoms with Crippen LogP contribution in [0.1, 0.15) is 6.42 Å². The van der Waals surface area contributed by atoms with Crippen molar-refractivity contribution in [3.63, 3.8) is 0 Å². The van der Waals surface area contributed by atoms with Gasteiger partial charge >= 0.3 is 5.91 Å². The van der Waals surface area contributed by atoms with Crippen LogP contribution >= 0.6 is 0 Å². The van der Waals surface area contributed by atoms with Crippen molar-refractivity contribution in [2.75, 3.05) is 13.1 Å². The molecule has 0 aromatic heterocycles. The minimum Gasteiger partial charge on any atom is -0.302 e. The van der Waals surface area contributed by atoms with Gasteiger partial charge in [-0.2, -0.15) is 5.11 Å². The lowest BCUT2D eigenvalue weighted by Gasteiger charge is -2.15. The molecule has 0 aromatic carbocycles. The van der Waals surface area contributed by atoms with Crippen LogP contribution in [-0.2, 0) is 4.79 Å². The van der Waals surface area contributed by atoms with E-state index in [9.17, 15) is 4.79 Å². The number of hydrazine groups is 1. The Labute approximate surface area is 63.8 Å². The van der Waals surface area contributed by atoms with E-state index in [2.05, 4.69) is 15.7 Å². The van der Waals surface area contributed by atoms with Gasteiger partial charge in [0.05, 0.1) is 6.20 Å². The molecule has 1 amide bonds. The second-order valence-corrected chi connectivity index (χ2v) is 2.45. The van der Waals surface area contributed by atoms with E-state index < -0.39 is 0 Å². The summed E-state index contributed by atoms with van der Waals surface area (Å²) in [6.07, 6.45) is 2.55. The average Bonchev–Trinajstić information content (AvgIpc) is 2.55. The third-order valence-corrected chi connectivity index (χ3v) is 1.70. The SMILES string of the molecule is O=C1N=NC=C1N1CCCN1. The second-order valence-electron chi connectivity index (χ2n) is 2.45. The molecule has 0 radical (unpaired) electrons. The Bertz CT molecular complexity index is 239. The Morgan fingerprint density at radius 3 is 3.09 bits per heavy atom. The summed E-state index contributed by atoms with van der Waals surface area (Å²) in [4.78, 5) is 11.0. The molecular formula is C6H8N4O. The van der Waals surface area contributed by atoms with Crippen LogP contribution in [0.5, 0.6) is 0 Å². The van der Waals surface area contributed by atoms with Crippen molar-refractivity contribution in [1.29, 1.82) is 0 Å². The highest BCUT2D eigenvalue weighted by Crippen LogP contribution is 2.13. The van der Waals surface area contributed by atoms with Gasteiger partial charge in [-0.05, 0) is 6.42 Å². The summed E-state index contributed by atoms with van der Waals surface area (Å²) in [5.74, 6) is -0.251. The maximum atomic E-state index is 11.0. The predicted molar refractivity (Wildman–Crippen MR) is 37.3 cm³/mol. The van der Waals surface area contributed by atoms with Gasteiger partial charge in [0.2, 0.25) is 0 Å². The van der Waals surface area contributed by atoms with E-state index in [4.69, 9.17) is 0 Å². The number of carbonyl (C=O) groups excluding carboxylic acids is 1. The molecule has 0 atom stereocenters. The molecule has 2 rings (SSSR count). The van der Waals surface area contributed by atoms with Gasteiger partial charge < -0.3 is 5.01 Å². The van der Waals surface area contributed by atoms with Crippen LogP contribution in [-0.4, -0.2) is 24.0 Å². The summed E-state index contributed by atoms with van der Waals surface area (Å²) in [5.41, 5.74) is 3.61. The fourth-order valence-corrected chi connectivity index (χ4v) is 1.16. The van der Waals surface area contributed by atoms with E-state index in [0.717, 1.165) is 19.5 Å². The highest BCUT2D eigenvalue weighted by Gasteiger charge is 2.22. The van der Waals surface area contributed by atoms with Crippen LogP contribution in [0.25, 0.3) is 0 Å². The zero-order valence-corrected chi connectivity index (χ0v) is 5.95. The van der Waals surface area contributed by atoms with E-state index >= 15 is 0 Å². The molecule has 0 bridgehead atoms. The molecular weight excluding hydrogens is 144 g/mol. The molecule has 1 saturated heterocycles. The number of hydrogen-bond acceptors (Lipinski definition) is 4. The summed E-state index contributed by atoms with van der Waals surface area (Å²) >= 11 is 0. The van der Waals surface area contributed by atoms with Crippen LogP contribution in [0.3, 0.4) is 0 Å². The van der Waals surface area contributed by atoms with E-state index in [-0.39, 0.29) is 5.91 Å². The van der Waals surface area contributed by atoms with Gasteiger partial charge in [-0.3, -0.25) is 4.79 Å². The number of azo groups is 1. The molecule has 0 unspecified atom stereocenters. The molecule has 0 spiro atoms. The largest absolute Gasteiger partial charge is 0.314 e. The lowest BCUT2D eigenvalue weighted by atomic mass is 10.4. The smallest absolute Gasteiger partial charge is 0.302 e. The maximum absolute atomic E-state index is 11.0. The van der Waals surface area contributed by atoms with Gasteiger partial charge in [0, 0.05) is 13.1 Å². The van der Waals surface area contributed by atoms with Crippen molar-refractivity contribution < 1.29 is 4.79 Å². The minimum atomic E-state index is -0.251. The van der Waals surface area contributed by atoms with Gasteiger partial charge in [-0.15, -0.1) is 5.11 Å². The molecule has 11 heavy (non-hydrogen) atoms. The highest BCUT2D eigenvalue weighted by atomic mass is 16.2. The maximum Gasteiger partial charge on any atom is 0.314 e. The van der Waals surface area contributed by atoms with Crippen LogP contribution in [0.2, 0.25) is 0 Å². The Morgan fingerprint density at radius 2 is 2.55 bits per heavy atom. The van der Waals surface area contributed by atoms with Crippen molar-refractivity contribution >= 4 is 5.91 Å². The number of hydrogen-bond donors (Lipinski definition) is 1. The molecule has 1 fully saturated rings. The molecule has 0 aromatic rings. The standard InChI is InChI=1S/C6H8N4O/c11-6-5(4-7-9-6)10-3-1-2-8-10/h4,8H,1-3H2. The van der Waals surface area contributed by atoms with Gasteiger partial charge in [-0.25, -0.2) is 5.43 Å². The third kappa shape index (κ3) is 1.03. The predicted octanol–water partition coefficient (Wildman–Crippen LogP) is 0.0305. The van der Waals surface area contributed by atoms with Crippen molar-refractivity contribution in [2.45, 2.75) is 6.42 Å². The Morgan fingerprint density at radius 1 is 1.64 bits per heavy atom. The molecule has 0 saturated carbocycles. The summed E-state index contributed by atoms with van der Waals surface area (Å²) < 4.78 is 0. The van der Waals surface area contributed by atoms with E-state index in [1.165, 1.54) is 6.20 Å². The third-order valence-electron chi connectivity index (χ3n) is 1.70. The second kappa shape index (κ2) is 2.43. The number of amides is 1. The average molecular weight is 152 g/mol. The zero-order chi connectivity index (χ0) is 7.68. The first-order valence-corrected chi connectivity index (χ1v) is 3.54.